The lowest BCUT2D eigenvalue weighted by Gasteiger charge is -2.40. The van der Waals surface area contributed by atoms with Crippen molar-refractivity contribution >= 4 is 23.7 Å². The second-order valence-electron chi connectivity index (χ2n) is 13.3. The SMILES string of the molecule is CCCC(C)N1C/C=C\CCC(=O)N[C@H](C)[C@@H](c2ccccc2)OC(=O)[C@@H]2[C@@H]3C=C[C@]4(O3)[C@H](C1=O)N([C@H](CO)c1ccccc1)C(=O)[C@@H]24. The zero-order valence-corrected chi connectivity index (χ0v) is 27.7. The highest BCUT2D eigenvalue weighted by molar-refractivity contribution is 5.99. The van der Waals surface area contributed by atoms with Gasteiger partial charge in [-0.05, 0) is 37.8 Å². The second kappa shape index (κ2) is 14.1. The fraction of sp³-hybridized carbons (Fsp3) is 0.474. The molecule has 0 aromatic heterocycles. The van der Waals surface area contributed by atoms with Crippen molar-refractivity contribution in [2.24, 2.45) is 11.8 Å². The number of aliphatic hydroxyl groups excluding tert-OH is 1. The minimum absolute atomic E-state index is 0.176. The first-order valence-electron chi connectivity index (χ1n) is 17.1. The number of ether oxygens (including phenoxy) is 2. The number of likely N-dealkylation sites (tertiary alicyclic amines) is 1. The zero-order valence-electron chi connectivity index (χ0n) is 27.7. The van der Waals surface area contributed by atoms with Crippen LogP contribution in [0.1, 0.15) is 69.7 Å². The van der Waals surface area contributed by atoms with Gasteiger partial charge >= 0.3 is 5.97 Å². The van der Waals surface area contributed by atoms with Crippen LogP contribution in [0.3, 0.4) is 0 Å². The number of amides is 3. The fourth-order valence-electron chi connectivity index (χ4n) is 7.97. The highest BCUT2D eigenvalue weighted by Crippen LogP contribution is 2.57. The maximum Gasteiger partial charge on any atom is 0.313 e. The number of hydrogen-bond acceptors (Lipinski definition) is 7. The Labute approximate surface area is 281 Å². The van der Waals surface area contributed by atoms with E-state index in [2.05, 4.69) is 12.2 Å². The summed E-state index contributed by atoms with van der Waals surface area (Å²) in [6.45, 7) is 5.66. The maximum absolute atomic E-state index is 15.0. The molecule has 9 atom stereocenters. The summed E-state index contributed by atoms with van der Waals surface area (Å²) in [6.07, 6.45) is 7.94. The molecule has 2 N–H and O–H groups in total. The van der Waals surface area contributed by atoms with Crippen molar-refractivity contribution in [2.45, 2.75) is 88.4 Å². The Morgan fingerprint density at radius 2 is 1.71 bits per heavy atom. The molecule has 2 fully saturated rings. The molecular weight excluding hydrogens is 610 g/mol. The summed E-state index contributed by atoms with van der Waals surface area (Å²) in [7, 11) is 0. The number of nitrogens with zero attached hydrogens (tertiary/aromatic N) is 2. The van der Waals surface area contributed by atoms with Gasteiger partial charge in [-0.25, -0.2) is 0 Å². The molecule has 1 spiro atoms. The Balaban J connectivity index is 1.48. The normalized spacial score (nSPS) is 32.5. The molecule has 254 valence electrons. The number of allylic oxidation sites excluding steroid dienone is 1. The molecule has 5 bridgehead atoms. The van der Waals surface area contributed by atoms with Gasteiger partial charge in [-0.15, -0.1) is 0 Å². The Hall–Kier alpha value is -4.28. The van der Waals surface area contributed by atoms with Crippen LogP contribution in [0, 0.1) is 11.8 Å². The van der Waals surface area contributed by atoms with Gasteiger partial charge in [0.05, 0.1) is 30.7 Å². The number of carbonyl (C=O) groups excluding carboxylic acids is 4. The first-order chi connectivity index (χ1) is 23.2. The Morgan fingerprint density at radius 1 is 1.00 bits per heavy atom. The molecule has 0 aliphatic carbocycles. The average molecular weight is 656 g/mol. The van der Waals surface area contributed by atoms with Crippen LogP contribution < -0.4 is 5.32 Å². The topological polar surface area (TPSA) is 125 Å². The smallest absolute Gasteiger partial charge is 0.313 e. The van der Waals surface area contributed by atoms with E-state index in [1.807, 2.05) is 79.7 Å². The summed E-state index contributed by atoms with van der Waals surface area (Å²) in [4.78, 5) is 60.3. The molecule has 4 heterocycles. The van der Waals surface area contributed by atoms with Gasteiger partial charge in [0.2, 0.25) is 17.7 Å². The standard InChI is InChI=1S/C38H45N3O7/c1-4-14-24(2)40-22-13-7-12-19-30(43)39-25(3)33(27-17-10-6-11-18-27)47-37(46)31-29-20-21-38(48-29)32(31)35(44)41(34(38)36(40)45)28(23-42)26-15-8-5-9-16-26/h5-11,13,15-18,20-21,24-25,28-29,31-34,42H,4,12,14,19,22-23H2,1-3H3,(H,39,43)/b13-7-/t24?,25-,28-,29+,31-,32-,33+,34+,38-/m1/s1. The van der Waals surface area contributed by atoms with E-state index < -0.39 is 66.3 Å². The number of carbonyl (C=O) groups is 4. The van der Waals surface area contributed by atoms with E-state index in [-0.39, 0.29) is 30.8 Å². The van der Waals surface area contributed by atoms with Crippen molar-refractivity contribution in [3.63, 3.8) is 0 Å². The van der Waals surface area contributed by atoms with Gasteiger partial charge < -0.3 is 29.7 Å². The van der Waals surface area contributed by atoms with Crippen LogP contribution in [-0.4, -0.2) is 81.6 Å². The van der Waals surface area contributed by atoms with Gasteiger partial charge in [0.25, 0.3) is 0 Å². The molecule has 1 unspecified atom stereocenters. The lowest BCUT2D eigenvalue weighted by atomic mass is 9.74. The number of cyclic esters (lactones) is 1. The highest BCUT2D eigenvalue weighted by Gasteiger charge is 2.74. The molecule has 4 aliphatic heterocycles. The van der Waals surface area contributed by atoms with Crippen molar-refractivity contribution in [1.82, 2.24) is 15.1 Å². The molecule has 2 saturated heterocycles. The van der Waals surface area contributed by atoms with Crippen LogP contribution in [-0.2, 0) is 28.7 Å². The van der Waals surface area contributed by atoms with Crippen LogP contribution >= 0.6 is 0 Å². The van der Waals surface area contributed by atoms with Crippen LogP contribution in [0.2, 0.25) is 0 Å². The third-order valence-corrected chi connectivity index (χ3v) is 10.3. The molecule has 2 aromatic carbocycles. The van der Waals surface area contributed by atoms with Crippen LogP contribution in [0.4, 0.5) is 0 Å². The minimum atomic E-state index is -1.44. The van der Waals surface area contributed by atoms with E-state index in [0.717, 1.165) is 12.8 Å². The monoisotopic (exact) mass is 655 g/mol. The van der Waals surface area contributed by atoms with E-state index in [0.29, 0.717) is 17.5 Å². The first kappa shape index (κ1) is 33.6. The van der Waals surface area contributed by atoms with Crippen molar-refractivity contribution < 1.29 is 33.8 Å². The van der Waals surface area contributed by atoms with Crippen LogP contribution in [0.15, 0.2) is 85.0 Å². The van der Waals surface area contributed by atoms with Crippen molar-refractivity contribution in [3.8, 4) is 0 Å². The molecular formula is C38H45N3O7. The molecule has 10 nitrogen and oxygen atoms in total. The highest BCUT2D eigenvalue weighted by atomic mass is 16.6. The molecule has 0 radical (unpaired) electrons. The molecule has 2 aromatic rings. The average Bonchev–Trinajstić information content (AvgIpc) is 3.73. The van der Waals surface area contributed by atoms with E-state index in [9.17, 15) is 24.3 Å². The zero-order chi connectivity index (χ0) is 34.0. The van der Waals surface area contributed by atoms with E-state index in [1.54, 1.807) is 24.0 Å². The van der Waals surface area contributed by atoms with Gasteiger partial charge in [-0.1, -0.05) is 98.3 Å². The van der Waals surface area contributed by atoms with Crippen LogP contribution in [0.5, 0.6) is 0 Å². The lowest BCUT2D eigenvalue weighted by Crippen LogP contribution is -2.58. The predicted molar refractivity (Wildman–Crippen MR) is 178 cm³/mol. The third kappa shape index (κ3) is 5.96. The number of benzene rings is 2. The number of fused-ring (bicyclic) bond motifs is 2. The number of rotatable bonds is 7. The van der Waals surface area contributed by atoms with Crippen molar-refractivity contribution in [3.05, 3.63) is 96.1 Å². The lowest BCUT2D eigenvalue weighted by molar-refractivity contribution is -0.162. The van der Waals surface area contributed by atoms with Gasteiger partial charge in [0, 0.05) is 19.0 Å². The van der Waals surface area contributed by atoms with E-state index in [1.165, 1.54) is 4.90 Å². The summed E-state index contributed by atoms with van der Waals surface area (Å²) >= 11 is 0. The maximum atomic E-state index is 15.0. The quantitative estimate of drug-likeness (QED) is 0.341. The Kier molecular flexibility index (Phi) is 9.85. The Morgan fingerprint density at radius 3 is 2.40 bits per heavy atom. The minimum Gasteiger partial charge on any atom is -0.455 e. The molecule has 0 saturated carbocycles. The summed E-state index contributed by atoms with van der Waals surface area (Å²) in [5.41, 5.74) is -0.0680. The molecule has 10 heteroatoms. The fourth-order valence-corrected chi connectivity index (χ4v) is 7.97. The van der Waals surface area contributed by atoms with Gasteiger partial charge in [0.1, 0.15) is 23.7 Å². The van der Waals surface area contributed by atoms with E-state index in [4.69, 9.17) is 9.47 Å². The predicted octanol–water partition coefficient (Wildman–Crippen LogP) is 4.03. The Bertz CT molecular complexity index is 1560. The summed E-state index contributed by atoms with van der Waals surface area (Å²) in [6, 6.07) is 15.6. The largest absolute Gasteiger partial charge is 0.455 e. The number of esters is 1. The van der Waals surface area contributed by atoms with Gasteiger partial charge in [0.15, 0.2) is 0 Å². The van der Waals surface area contributed by atoms with E-state index >= 15 is 0 Å². The first-order valence-corrected chi connectivity index (χ1v) is 17.1. The summed E-state index contributed by atoms with van der Waals surface area (Å²) in [5.74, 6) is -3.68. The molecule has 6 rings (SSSR count). The molecule has 3 amide bonds. The van der Waals surface area contributed by atoms with Crippen molar-refractivity contribution in [2.75, 3.05) is 13.2 Å². The van der Waals surface area contributed by atoms with Gasteiger partial charge in [-0.3, -0.25) is 19.2 Å². The van der Waals surface area contributed by atoms with Gasteiger partial charge in [-0.2, -0.15) is 0 Å². The summed E-state index contributed by atoms with van der Waals surface area (Å²) in [5, 5.41) is 13.8. The number of aliphatic hydroxyl groups is 1. The number of hydrogen-bond donors (Lipinski definition) is 2. The molecule has 4 aliphatic rings. The summed E-state index contributed by atoms with van der Waals surface area (Å²) < 4.78 is 12.8. The van der Waals surface area contributed by atoms with Crippen molar-refractivity contribution in [1.29, 1.82) is 0 Å². The number of nitrogens with one attached hydrogen (secondary N) is 1. The van der Waals surface area contributed by atoms with Crippen LogP contribution in [0.25, 0.3) is 0 Å². The third-order valence-electron chi connectivity index (χ3n) is 10.3. The molecule has 48 heavy (non-hydrogen) atoms. The second-order valence-corrected chi connectivity index (χ2v) is 13.3.